The molecule has 0 unspecified atom stereocenters. The molecule has 0 aliphatic rings. The van der Waals surface area contributed by atoms with Crippen molar-refractivity contribution in [2.24, 2.45) is 11.1 Å². The van der Waals surface area contributed by atoms with Crippen LogP contribution in [-0.4, -0.2) is 0 Å². The smallest absolute Gasteiger partial charge is 0.134 e. The fourth-order valence-corrected chi connectivity index (χ4v) is 3.09. The van der Waals surface area contributed by atoms with Crippen molar-refractivity contribution in [2.45, 2.75) is 53.0 Å². The van der Waals surface area contributed by atoms with E-state index in [4.69, 9.17) is 10.2 Å². The molecule has 2 rings (SSSR count). The van der Waals surface area contributed by atoms with Gasteiger partial charge in [0.2, 0.25) is 0 Å². The Balaban J connectivity index is 2.44. The van der Waals surface area contributed by atoms with Gasteiger partial charge >= 0.3 is 0 Å². The molecule has 2 aromatic rings. The van der Waals surface area contributed by atoms with Gasteiger partial charge in [-0.25, -0.2) is 0 Å². The van der Waals surface area contributed by atoms with Crippen LogP contribution in [0.3, 0.4) is 0 Å². The van der Waals surface area contributed by atoms with E-state index in [9.17, 15) is 0 Å². The normalized spacial score (nSPS) is 13.2. The maximum absolute atomic E-state index is 5.76. The van der Waals surface area contributed by atoms with E-state index < -0.39 is 0 Å². The summed E-state index contributed by atoms with van der Waals surface area (Å²) in [5.41, 5.74) is 9.59. The first-order chi connectivity index (χ1) is 8.73. The highest BCUT2D eigenvalue weighted by molar-refractivity contribution is 5.82. The average molecular weight is 259 g/mol. The van der Waals surface area contributed by atoms with Crippen LogP contribution >= 0.6 is 0 Å². The van der Waals surface area contributed by atoms with E-state index in [2.05, 4.69) is 52.8 Å². The highest BCUT2D eigenvalue weighted by Gasteiger charge is 2.27. The summed E-state index contributed by atoms with van der Waals surface area (Å²) in [6.07, 6.45) is 2.91. The lowest BCUT2D eigenvalue weighted by atomic mass is 9.72. The molecule has 0 aliphatic carbocycles. The Bertz CT molecular complexity index is 572. The summed E-state index contributed by atoms with van der Waals surface area (Å²) in [4.78, 5) is 0. The highest BCUT2D eigenvalue weighted by Crippen LogP contribution is 2.37. The maximum atomic E-state index is 5.76. The van der Waals surface area contributed by atoms with Gasteiger partial charge < -0.3 is 10.2 Å². The van der Waals surface area contributed by atoms with Gasteiger partial charge in [-0.15, -0.1) is 0 Å². The Hall–Kier alpha value is -1.28. The SMILES string of the molecule is CC(C)(C)CC(C)(C)c1ccc2occ(CN)c2c1. The molecule has 0 atom stereocenters. The Kier molecular flexibility index (Phi) is 3.48. The molecular formula is C17H25NO. The molecule has 0 spiro atoms. The van der Waals surface area contributed by atoms with Crippen LogP contribution in [0.1, 0.15) is 52.2 Å². The first kappa shape index (κ1) is 14.1. The molecule has 19 heavy (non-hydrogen) atoms. The van der Waals surface area contributed by atoms with E-state index in [1.54, 1.807) is 6.26 Å². The van der Waals surface area contributed by atoms with E-state index in [0.717, 1.165) is 23.0 Å². The van der Waals surface area contributed by atoms with E-state index in [1.807, 2.05) is 0 Å². The Morgan fingerprint density at radius 2 is 1.79 bits per heavy atom. The monoisotopic (exact) mass is 259 g/mol. The van der Waals surface area contributed by atoms with Crippen LogP contribution in [-0.2, 0) is 12.0 Å². The number of furan rings is 1. The van der Waals surface area contributed by atoms with E-state index in [1.165, 1.54) is 5.56 Å². The van der Waals surface area contributed by atoms with Crippen molar-refractivity contribution in [1.82, 2.24) is 0 Å². The molecule has 104 valence electrons. The van der Waals surface area contributed by atoms with Crippen molar-refractivity contribution in [1.29, 1.82) is 0 Å². The number of rotatable bonds is 3. The summed E-state index contributed by atoms with van der Waals surface area (Å²) in [6.45, 7) is 12.0. The van der Waals surface area contributed by atoms with Gasteiger partial charge in [0.25, 0.3) is 0 Å². The van der Waals surface area contributed by atoms with Crippen LogP contribution in [0.15, 0.2) is 28.9 Å². The molecular weight excluding hydrogens is 234 g/mol. The van der Waals surface area contributed by atoms with E-state index >= 15 is 0 Å². The van der Waals surface area contributed by atoms with Crippen molar-refractivity contribution in [3.05, 3.63) is 35.6 Å². The third-order valence-electron chi connectivity index (χ3n) is 3.63. The zero-order valence-corrected chi connectivity index (χ0v) is 12.7. The summed E-state index contributed by atoms with van der Waals surface area (Å²) >= 11 is 0. The predicted molar refractivity (Wildman–Crippen MR) is 81.2 cm³/mol. The molecule has 2 nitrogen and oxygen atoms in total. The van der Waals surface area contributed by atoms with Gasteiger partial charge in [-0.05, 0) is 34.9 Å². The Labute approximate surface area is 116 Å². The summed E-state index contributed by atoms with van der Waals surface area (Å²) in [7, 11) is 0. The molecule has 2 N–H and O–H groups in total. The zero-order chi connectivity index (χ0) is 14.3. The third-order valence-corrected chi connectivity index (χ3v) is 3.63. The fraction of sp³-hybridized carbons (Fsp3) is 0.529. The standard InChI is InChI=1S/C17H25NO/c1-16(2,3)11-17(4,5)13-6-7-15-14(8-13)12(9-18)10-19-15/h6-8,10H,9,11,18H2,1-5H3. The first-order valence-electron chi connectivity index (χ1n) is 6.94. The maximum Gasteiger partial charge on any atom is 0.134 e. The van der Waals surface area contributed by atoms with Crippen LogP contribution in [0.4, 0.5) is 0 Å². The van der Waals surface area contributed by atoms with Crippen LogP contribution in [0.2, 0.25) is 0 Å². The summed E-state index contributed by atoms with van der Waals surface area (Å²) < 4.78 is 5.53. The minimum absolute atomic E-state index is 0.148. The first-order valence-corrected chi connectivity index (χ1v) is 6.94. The lowest BCUT2D eigenvalue weighted by molar-refractivity contribution is 0.284. The number of hydrogen-bond donors (Lipinski definition) is 1. The molecule has 1 aromatic carbocycles. The van der Waals surface area contributed by atoms with Gasteiger partial charge in [0.05, 0.1) is 6.26 Å². The molecule has 0 saturated heterocycles. The van der Waals surface area contributed by atoms with Gasteiger partial charge in [-0.1, -0.05) is 40.7 Å². The number of fused-ring (bicyclic) bond motifs is 1. The van der Waals surface area contributed by atoms with Gasteiger partial charge in [0.1, 0.15) is 5.58 Å². The van der Waals surface area contributed by atoms with Gasteiger partial charge in [-0.2, -0.15) is 0 Å². The minimum atomic E-state index is 0.148. The molecule has 2 heteroatoms. The molecule has 0 amide bonds. The quantitative estimate of drug-likeness (QED) is 0.874. The molecule has 0 saturated carbocycles. The van der Waals surface area contributed by atoms with E-state index in [-0.39, 0.29) is 5.41 Å². The second-order valence-corrected chi connectivity index (χ2v) is 7.30. The van der Waals surface area contributed by atoms with Crippen molar-refractivity contribution < 1.29 is 4.42 Å². The summed E-state index contributed by atoms with van der Waals surface area (Å²) in [5, 5.41) is 1.15. The number of benzene rings is 1. The van der Waals surface area contributed by atoms with Crippen LogP contribution in [0.5, 0.6) is 0 Å². The number of nitrogens with two attached hydrogens (primary N) is 1. The molecule has 1 heterocycles. The van der Waals surface area contributed by atoms with Crippen molar-refractivity contribution in [3.63, 3.8) is 0 Å². The second-order valence-electron chi connectivity index (χ2n) is 7.30. The van der Waals surface area contributed by atoms with Crippen LogP contribution in [0.25, 0.3) is 11.0 Å². The molecule has 0 bridgehead atoms. The van der Waals surface area contributed by atoms with Gasteiger partial charge in [-0.3, -0.25) is 0 Å². The molecule has 0 fully saturated rings. The van der Waals surface area contributed by atoms with Gasteiger partial charge in [0.15, 0.2) is 0 Å². The Morgan fingerprint density at radius 1 is 1.11 bits per heavy atom. The predicted octanol–water partition coefficient (Wildman–Crippen LogP) is 4.61. The molecule has 0 radical (unpaired) electrons. The van der Waals surface area contributed by atoms with Crippen LogP contribution in [0, 0.1) is 5.41 Å². The van der Waals surface area contributed by atoms with Gasteiger partial charge in [0, 0.05) is 17.5 Å². The number of hydrogen-bond acceptors (Lipinski definition) is 2. The van der Waals surface area contributed by atoms with Crippen molar-refractivity contribution >= 4 is 11.0 Å². The summed E-state index contributed by atoms with van der Waals surface area (Å²) in [5.74, 6) is 0. The topological polar surface area (TPSA) is 39.2 Å². The van der Waals surface area contributed by atoms with Crippen molar-refractivity contribution in [3.8, 4) is 0 Å². The highest BCUT2D eigenvalue weighted by atomic mass is 16.3. The Morgan fingerprint density at radius 3 is 2.37 bits per heavy atom. The molecule has 1 aromatic heterocycles. The zero-order valence-electron chi connectivity index (χ0n) is 12.7. The van der Waals surface area contributed by atoms with Crippen molar-refractivity contribution in [2.75, 3.05) is 0 Å². The molecule has 0 aliphatic heterocycles. The minimum Gasteiger partial charge on any atom is -0.464 e. The van der Waals surface area contributed by atoms with Crippen LogP contribution < -0.4 is 5.73 Å². The average Bonchev–Trinajstić information content (AvgIpc) is 2.67. The van der Waals surface area contributed by atoms with E-state index in [0.29, 0.717) is 12.0 Å². The summed E-state index contributed by atoms with van der Waals surface area (Å²) in [6, 6.07) is 6.48. The largest absolute Gasteiger partial charge is 0.464 e. The third kappa shape index (κ3) is 3.01. The fourth-order valence-electron chi connectivity index (χ4n) is 3.09. The second kappa shape index (κ2) is 4.68. The lowest BCUT2D eigenvalue weighted by Gasteiger charge is -2.33. The lowest BCUT2D eigenvalue weighted by Crippen LogP contribution is -2.24.